The van der Waals surface area contributed by atoms with E-state index in [9.17, 15) is 0 Å². The molecule has 4 aromatic rings. The summed E-state index contributed by atoms with van der Waals surface area (Å²) < 4.78 is 56.0. The van der Waals surface area contributed by atoms with Crippen LogP contribution in [0, 0.1) is 21.7 Å². The number of nitrogens with one attached hydrogen (secondary N) is 1. The Morgan fingerprint density at radius 2 is 0.953 bits per heavy atom. The third-order valence-electron chi connectivity index (χ3n) is 18.7. The second kappa shape index (κ2) is 25.4. The fourth-order valence-electron chi connectivity index (χ4n) is 13.6. The van der Waals surface area contributed by atoms with Gasteiger partial charge < -0.3 is 43.2 Å². The van der Waals surface area contributed by atoms with E-state index in [0.29, 0.717) is 78.2 Å². The first-order valence-corrected chi connectivity index (χ1v) is 31.6. The molecule has 0 radical (unpaired) electrons. The van der Waals surface area contributed by atoms with E-state index < -0.39 is 21.7 Å². The quantitative estimate of drug-likeness (QED) is 0.104. The fourth-order valence-corrected chi connectivity index (χ4v) is 13.6. The molecule has 0 spiro atoms. The van der Waals surface area contributed by atoms with E-state index in [2.05, 4.69) is 210 Å². The third kappa shape index (κ3) is 14.4. The van der Waals surface area contributed by atoms with Gasteiger partial charge in [-0.25, -0.2) is 0 Å². The molecule has 86 heavy (non-hydrogen) atoms. The SMILES string of the molecule is C[C@H]1O[C@@H]([C@@]2(C)C/C3=C/C4=NC(=C\C5N=C(/C=C6/CC(C)(COC(C)(C)C)C(=CC2=N3)N6)C[C@]5(C)[C@@H]2O[C@H](C)[C@H](OCc3ccccc3)C[C@H]2OCc2ccccc2)/CC4(C)COC(C)(C)C)[C@H](OCc2ccccc2)C[C@H]1OCc1ccccc1. The lowest BCUT2D eigenvalue weighted by molar-refractivity contribution is -0.226. The van der Waals surface area contributed by atoms with Crippen LogP contribution < -0.4 is 5.32 Å². The number of hydrogen-bond acceptors (Lipinski definition) is 12. The Kier molecular flexibility index (Phi) is 18.3. The van der Waals surface area contributed by atoms with Crippen LogP contribution in [0.3, 0.4) is 0 Å². The van der Waals surface area contributed by atoms with Crippen molar-refractivity contribution in [1.82, 2.24) is 5.32 Å². The second-order valence-electron chi connectivity index (χ2n) is 28.6. The number of aliphatic imine (C=N–C) groups is 3. The standard InChI is InChI=1S/C74H94N4O8/c1-49-59(79-43-51-25-17-13-18-26-51)36-61(81-45-53-29-21-15-22-30-53)67(85-49)73(11)41-56-33-55-39-72(10,48-84-70(6,7)8)64(75-55)38-66-74(12,42-58(78-66)34-63-71(9,47-83-69(3,4)5)40-57(76-63)35-65(73)77-56)68-62(82-46-54-31-23-16-24-32-54)37-60(50(2)86-68)80-44-52-27-19-14-20-28-52/h13-35,38,49-50,59-62,65,67-68,75H,36-37,39-48H2,1-12H3/b55-33-,57-35-,58-34-,64-38?/t49-,50-,59-,60-,61-,62-,65?,67-,68-,71?,72?,73+,74+/m1/s1. The third-order valence-corrected chi connectivity index (χ3v) is 18.7. The lowest BCUT2D eigenvalue weighted by Gasteiger charge is -2.48. The van der Waals surface area contributed by atoms with E-state index in [-0.39, 0.29) is 66.1 Å². The van der Waals surface area contributed by atoms with Crippen LogP contribution >= 0.6 is 0 Å². The molecule has 3 fully saturated rings. The average molecular weight is 1170 g/mol. The van der Waals surface area contributed by atoms with Gasteiger partial charge in [-0.1, -0.05) is 149 Å². The van der Waals surface area contributed by atoms with Crippen molar-refractivity contribution in [3.05, 3.63) is 191 Å². The number of rotatable bonds is 18. The first-order valence-electron chi connectivity index (χ1n) is 31.6. The average Bonchev–Trinajstić information content (AvgIpc) is 1.61. The summed E-state index contributed by atoms with van der Waals surface area (Å²) in [7, 11) is 0. The summed E-state index contributed by atoms with van der Waals surface area (Å²) in [5.41, 5.74) is 8.52. The molecule has 12 heteroatoms. The van der Waals surface area contributed by atoms with Gasteiger partial charge in [0, 0.05) is 82.3 Å². The molecule has 0 saturated carbocycles. The van der Waals surface area contributed by atoms with Gasteiger partial charge in [0.15, 0.2) is 0 Å². The molecule has 3 saturated heterocycles. The van der Waals surface area contributed by atoms with E-state index in [4.69, 9.17) is 52.9 Å². The lowest BCUT2D eigenvalue weighted by Crippen LogP contribution is -2.56. The number of nitrogens with zero attached hydrogens (tertiary/aromatic N) is 3. The van der Waals surface area contributed by atoms with Gasteiger partial charge >= 0.3 is 0 Å². The maximum atomic E-state index is 7.40. The molecule has 1 N–H and O–H groups in total. The van der Waals surface area contributed by atoms with Crippen molar-refractivity contribution in [3.63, 3.8) is 0 Å². The molecular formula is C74H94N4O8. The summed E-state index contributed by atoms with van der Waals surface area (Å²) in [5, 5.41) is 4.02. The van der Waals surface area contributed by atoms with Crippen molar-refractivity contribution in [2.24, 2.45) is 36.6 Å². The molecule has 7 aliphatic heterocycles. The molecule has 0 amide bonds. The highest BCUT2D eigenvalue weighted by Crippen LogP contribution is 2.52. The molecule has 4 aromatic carbocycles. The highest BCUT2D eigenvalue weighted by molar-refractivity contribution is 6.07. The molecule has 0 aromatic heterocycles. The summed E-state index contributed by atoms with van der Waals surface area (Å²) in [5.74, 6) is 0. The summed E-state index contributed by atoms with van der Waals surface area (Å²) >= 11 is 0. The number of allylic oxidation sites excluding steroid dienone is 6. The van der Waals surface area contributed by atoms with Gasteiger partial charge in [-0.3, -0.25) is 15.0 Å². The van der Waals surface area contributed by atoms with E-state index in [1.807, 2.05) is 24.3 Å². The normalized spacial score (nSPS) is 34.6. The zero-order valence-electron chi connectivity index (χ0n) is 53.1. The predicted octanol–water partition coefficient (Wildman–Crippen LogP) is 14.8. The fraction of sp³-hybridized carbons (Fsp3) is 0.527. The van der Waals surface area contributed by atoms with Crippen molar-refractivity contribution in [3.8, 4) is 0 Å². The summed E-state index contributed by atoms with van der Waals surface area (Å²) in [6.45, 7) is 29.2. The number of benzene rings is 4. The monoisotopic (exact) mass is 1170 g/mol. The van der Waals surface area contributed by atoms with Crippen molar-refractivity contribution in [2.45, 2.75) is 214 Å². The minimum atomic E-state index is -0.643. The molecule has 7 aliphatic rings. The topological polar surface area (TPSA) is 123 Å². The summed E-state index contributed by atoms with van der Waals surface area (Å²) in [4.78, 5) is 17.2. The molecule has 12 nitrogen and oxygen atoms in total. The van der Waals surface area contributed by atoms with E-state index >= 15 is 0 Å². The van der Waals surface area contributed by atoms with Gasteiger partial charge in [0.05, 0.1) is 117 Å². The van der Waals surface area contributed by atoms with Crippen molar-refractivity contribution in [2.75, 3.05) is 13.2 Å². The molecule has 13 atom stereocenters. The molecule has 458 valence electrons. The van der Waals surface area contributed by atoms with Gasteiger partial charge in [-0.15, -0.1) is 0 Å². The van der Waals surface area contributed by atoms with Gasteiger partial charge in [0.1, 0.15) is 0 Å². The van der Waals surface area contributed by atoms with Gasteiger partial charge in [0.2, 0.25) is 0 Å². The van der Waals surface area contributed by atoms with Crippen LogP contribution in [-0.4, -0.2) is 96.4 Å². The van der Waals surface area contributed by atoms with Crippen LogP contribution in [0.4, 0.5) is 0 Å². The Balaban J connectivity index is 0.997. The smallest absolute Gasteiger partial charge is 0.0955 e. The van der Waals surface area contributed by atoms with Gasteiger partial charge in [-0.05, 0) is 108 Å². The van der Waals surface area contributed by atoms with Gasteiger partial charge in [0.25, 0.3) is 0 Å². The first kappa shape index (κ1) is 62.0. The minimum Gasteiger partial charge on any atom is -0.375 e. The van der Waals surface area contributed by atoms with Crippen LogP contribution in [0.5, 0.6) is 0 Å². The number of ether oxygens (including phenoxy) is 8. The Morgan fingerprint density at radius 3 is 1.45 bits per heavy atom. The summed E-state index contributed by atoms with van der Waals surface area (Å²) in [6.07, 6.45) is 11.1. The number of fused-ring (bicyclic) bond motifs is 5. The van der Waals surface area contributed by atoms with E-state index in [1.54, 1.807) is 0 Å². The van der Waals surface area contributed by atoms with Crippen LogP contribution in [-0.2, 0) is 64.3 Å². The zero-order valence-corrected chi connectivity index (χ0v) is 53.1. The molecule has 7 heterocycles. The Bertz CT molecular complexity index is 3220. The first-order chi connectivity index (χ1) is 41.0. The van der Waals surface area contributed by atoms with Crippen molar-refractivity contribution < 1.29 is 37.9 Å². The lowest BCUT2D eigenvalue weighted by atomic mass is 9.71. The molecular weight excluding hydrogens is 1070 g/mol. The van der Waals surface area contributed by atoms with E-state index in [0.717, 1.165) is 62.2 Å². The van der Waals surface area contributed by atoms with Crippen LogP contribution in [0.2, 0.25) is 0 Å². The number of hydrogen-bond donors (Lipinski definition) is 1. The Hall–Kier alpha value is -5.67. The maximum Gasteiger partial charge on any atom is 0.0955 e. The second-order valence-corrected chi connectivity index (χ2v) is 28.6. The van der Waals surface area contributed by atoms with Crippen molar-refractivity contribution in [1.29, 1.82) is 0 Å². The molecule has 3 unspecified atom stereocenters. The zero-order chi connectivity index (χ0) is 60.5. The highest BCUT2D eigenvalue weighted by Gasteiger charge is 2.56. The molecule has 11 rings (SSSR count). The van der Waals surface area contributed by atoms with E-state index in [1.165, 1.54) is 0 Å². The Morgan fingerprint density at radius 1 is 0.500 bits per heavy atom. The molecule has 0 aliphatic carbocycles. The highest BCUT2D eigenvalue weighted by atomic mass is 16.6. The van der Waals surface area contributed by atoms with Gasteiger partial charge in [-0.2, -0.15) is 0 Å². The van der Waals surface area contributed by atoms with Crippen LogP contribution in [0.15, 0.2) is 183 Å². The largest absolute Gasteiger partial charge is 0.375 e. The Labute approximate surface area is 512 Å². The molecule has 8 bridgehead atoms. The minimum absolute atomic E-state index is 0.178. The summed E-state index contributed by atoms with van der Waals surface area (Å²) in [6, 6.07) is 41.3. The van der Waals surface area contributed by atoms with Crippen LogP contribution in [0.1, 0.15) is 144 Å². The van der Waals surface area contributed by atoms with Crippen LogP contribution in [0.25, 0.3) is 0 Å². The predicted molar refractivity (Wildman–Crippen MR) is 342 cm³/mol. The maximum absolute atomic E-state index is 7.40. The van der Waals surface area contributed by atoms with Crippen molar-refractivity contribution >= 4 is 17.1 Å².